The van der Waals surface area contributed by atoms with Crippen LogP contribution in [-0.4, -0.2) is 41.6 Å². The van der Waals surface area contributed by atoms with Crippen molar-refractivity contribution in [2.24, 2.45) is 5.73 Å². The van der Waals surface area contributed by atoms with E-state index >= 15 is 0 Å². The van der Waals surface area contributed by atoms with E-state index in [0.29, 0.717) is 26.1 Å². The molecule has 2 aromatic rings. The maximum Gasteiger partial charge on any atom is 0.234 e. The molecule has 25 heavy (non-hydrogen) atoms. The molecule has 1 fully saturated rings. The van der Waals surface area contributed by atoms with Crippen LogP contribution in [0.1, 0.15) is 17.5 Å². The minimum Gasteiger partial charge on any atom is -0.489 e. The molecule has 1 saturated heterocycles. The molecule has 2 heterocycles. The summed E-state index contributed by atoms with van der Waals surface area (Å²) >= 11 is 0. The van der Waals surface area contributed by atoms with Gasteiger partial charge in [0.25, 0.3) is 0 Å². The number of pyridine rings is 1. The topological polar surface area (TPSA) is 77.7 Å². The van der Waals surface area contributed by atoms with Gasteiger partial charge in [-0.1, -0.05) is 12.1 Å². The Balaban J connectivity index is 1.57. The van der Waals surface area contributed by atoms with E-state index in [-0.39, 0.29) is 18.1 Å². The van der Waals surface area contributed by atoms with Gasteiger partial charge < -0.3 is 15.2 Å². The number of carbonyl (C=O) groups is 1. The summed E-state index contributed by atoms with van der Waals surface area (Å²) in [6, 6.07) is 11.5. The summed E-state index contributed by atoms with van der Waals surface area (Å²) in [5, 5.41) is 0. The molecule has 1 amide bonds. The van der Waals surface area contributed by atoms with Crippen molar-refractivity contribution in [3.05, 3.63) is 59.9 Å². The van der Waals surface area contributed by atoms with Gasteiger partial charge in [-0.2, -0.15) is 0 Å². The summed E-state index contributed by atoms with van der Waals surface area (Å²) in [6.07, 6.45) is 4.21. The molecule has 1 aromatic carbocycles. The summed E-state index contributed by atoms with van der Waals surface area (Å²) in [6.45, 7) is 1.88. The van der Waals surface area contributed by atoms with Gasteiger partial charge in [-0.05, 0) is 41.8 Å². The molecule has 0 saturated carbocycles. The average molecular weight is 341 g/mol. The van der Waals surface area contributed by atoms with Gasteiger partial charge >= 0.3 is 0 Å². The van der Waals surface area contributed by atoms with Crippen LogP contribution in [0.4, 0.5) is 0 Å². The molecule has 0 spiro atoms. The molecule has 0 radical (unpaired) electrons. The highest BCUT2D eigenvalue weighted by Gasteiger charge is 2.35. The Labute approximate surface area is 147 Å². The number of nitrogens with two attached hydrogens (primary N) is 1. The maximum atomic E-state index is 11.6. The lowest BCUT2D eigenvalue weighted by molar-refractivity contribution is -0.122. The smallest absolute Gasteiger partial charge is 0.234 e. The summed E-state index contributed by atoms with van der Waals surface area (Å²) in [7, 11) is 1.67. The third-order valence-electron chi connectivity index (χ3n) is 4.49. The van der Waals surface area contributed by atoms with Crippen molar-refractivity contribution < 1.29 is 14.3 Å². The van der Waals surface area contributed by atoms with Crippen LogP contribution in [0, 0.1) is 0 Å². The number of rotatable bonds is 7. The normalized spacial score (nSPS) is 20.5. The summed E-state index contributed by atoms with van der Waals surface area (Å²) in [5.41, 5.74) is 7.70. The minimum atomic E-state index is -0.295. The Morgan fingerprint density at radius 3 is 2.56 bits per heavy atom. The second kappa shape index (κ2) is 8.09. The molecule has 0 bridgehead atoms. The van der Waals surface area contributed by atoms with Crippen LogP contribution in [0.25, 0.3) is 0 Å². The fourth-order valence-corrected chi connectivity index (χ4v) is 3.07. The van der Waals surface area contributed by atoms with Crippen LogP contribution in [0.5, 0.6) is 5.75 Å². The van der Waals surface area contributed by atoms with E-state index in [1.54, 1.807) is 19.5 Å². The first-order chi connectivity index (χ1) is 12.2. The van der Waals surface area contributed by atoms with E-state index in [2.05, 4.69) is 9.88 Å². The van der Waals surface area contributed by atoms with Gasteiger partial charge in [-0.3, -0.25) is 14.7 Å². The molecule has 1 aliphatic rings. The van der Waals surface area contributed by atoms with E-state index in [9.17, 15) is 4.79 Å². The Hall–Kier alpha value is -2.44. The predicted octanol–water partition coefficient (Wildman–Crippen LogP) is 1.74. The zero-order valence-electron chi connectivity index (χ0n) is 14.3. The largest absolute Gasteiger partial charge is 0.489 e. The second-order valence-electron chi connectivity index (χ2n) is 6.23. The van der Waals surface area contributed by atoms with E-state index in [0.717, 1.165) is 16.9 Å². The number of hydrogen-bond donors (Lipinski definition) is 1. The molecule has 6 nitrogen and oxygen atoms in total. The molecule has 2 atom stereocenters. The molecule has 3 rings (SSSR count). The summed E-state index contributed by atoms with van der Waals surface area (Å²) in [5.74, 6) is 0.514. The van der Waals surface area contributed by atoms with Gasteiger partial charge in [0.05, 0.1) is 12.1 Å². The first-order valence-electron chi connectivity index (χ1n) is 8.32. The Morgan fingerprint density at radius 1 is 1.20 bits per heavy atom. The minimum absolute atomic E-state index is 0.0560. The van der Waals surface area contributed by atoms with E-state index in [1.807, 2.05) is 36.4 Å². The van der Waals surface area contributed by atoms with Crippen molar-refractivity contribution in [2.75, 3.05) is 13.7 Å². The molecule has 6 heteroatoms. The molecule has 1 aliphatic heterocycles. The van der Waals surface area contributed by atoms with Crippen molar-refractivity contribution in [2.45, 2.75) is 31.7 Å². The molecule has 0 aliphatic carbocycles. The molecule has 2 N–H and O–H groups in total. The van der Waals surface area contributed by atoms with Crippen molar-refractivity contribution in [3.8, 4) is 5.75 Å². The Kier molecular flexibility index (Phi) is 5.63. The number of nitrogens with zero attached hydrogens (tertiary/aromatic N) is 2. The van der Waals surface area contributed by atoms with Gasteiger partial charge in [0.1, 0.15) is 12.4 Å². The number of primary amides is 1. The zero-order chi connectivity index (χ0) is 17.6. The van der Waals surface area contributed by atoms with Crippen LogP contribution < -0.4 is 10.5 Å². The van der Waals surface area contributed by atoms with Crippen LogP contribution >= 0.6 is 0 Å². The molecular weight excluding hydrogens is 318 g/mol. The van der Waals surface area contributed by atoms with E-state index in [4.69, 9.17) is 15.2 Å². The zero-order valence-corrected chi connectivity index (χ0v) is 14.3. The number of hydrogen-bond acceptors (Lipinski definition) is 5. The van der Waals surface area contributed by atoms with Gasteiger partial charge in [-0.15, -0.1) is 0 Å². The fraction of sp³-hybridized carbons (Fsp3) is 0.368. The van der Waals surface area contributed by atoms with Crippen molar-refractivity contribution in [3.63, 3.8) is 0 Å². The van der Waals surface area contributed by atoms with Crippen LogP contribution in [0.3, 0.4) is 0 Å². The van der Waals surface area contributed by atoms with Gasteiger partial charge in [0.15, 0.2) is 0 Å². The fourth-order valence-electron chi connectivity index (χ4n) is 3.07. The Morgan fingerprint density at radius 2 is 1.92 bits per heavy atom. The van der Waals surface area contributed by atoms with Crippen LogP contribution in [0.2, 0.25) is 0 Å². The third kappa shape index (κ3) is 4.55. The van der Waals surface area contributed by atoms with Crippen molar-refractivity contribution >= 4 is 5.91 Å². The van der Waals surface area contributed by atoms with Crippen LogP contribution in [0.15, 0.2) is 48.8 Å². The maximum absolute atomic E-state index is 11.6. The van der Waals surface area contributed by atoms with Crippen molar-refractivity contribution in [1.29, 1.82) is 0 Å². The SMILES string of the molecule is CO[C@H]1C[C@@H](C(N)=O)N(Cc2ccc(OCc3ccncc3)cc2)C1. The second-order valence-corrected chi connectivity index (χ2v) is 6.23. The molecule has 0 unspecified atom stereocenters. The molecule has 132 valence electrons. The number of methoxy groups -OCH3 is 1. The van der Waals surface area contributed by atoms with E-state index in [1.165, 1.54) is 0 Å². The highest BCUT2D eigenvalue weighted by atomic mass is 16.5. The van der Waals surface area contributed by atoms with Gasteiger partial charge in [0.2, 0.25) is 5.91 Å². The van der Waals surface area contributed by atoms with Gasteiger partial charge in [-0.25, -0.2) is 0 Å². The first kappa shape index (κ1) is 17.4. The van der Waals surface area contributed by atoms with Crippen molar-refractivity contribution in [1.82, 2.24) is 9.88 Å². The standard InChI is InChI=1S/C19H23N3O3/c1-24-17-10-18(19(20)23)22(12-17)11-14-2-4-16(5-3-14)25-13-15-6-8-21-9-7-15/h2-9,17-18H,10-13H2,1H3,(H2,20,23)/t17-,18-/m0/s1. The third-order valence-corrected chi connectivity index (χ3v) is 4.49. The molecule has 1 aromatic heterocycles. The Bertz CT molecular complexity index is 691. The van der Waals surface area contributed by atoms with E-state index < -0.39 is 0 Å². The molecular formula is C19H23N3O3. The quantitative estimate of drug-likeness (QED) is 0.830. The van der Waals surface area contributed by atoms with Gasteiger partial charge in [0, 0.05) is 32.6 Å². The summed E-state index contributed by atoms with van der Waals surface area (Å²) < 4.78 is 11.2. The number of likely N-dealkylation sites (tertiary alicyclic amines) is 1. The number of aromatic nitrogens is 1. The summed E-state index contributed by atoms with van der Waals surface area (Å²) in [4.78, 5) is 17.7. The highest BCUT2D eigenvalue weighted by molar-refractivity contribution is 5.80. The number of benzene rings is 1. The monoisotopic (exact) mass is 341 g/mol. The lowest BCUT2D eigenvalue weighted by Crippen LogP contribution is -2.39. The lowest BCUT2D eigenvalue weighted by Gasteiger charge is -2.21. The number of ether oxygens (including phenoxy) is 2. The first-order valence-corrected chi connectivity index (χ1v) is 8.32. The highest BCUT2D eigenvalue weighted by Crippen LogP contribution is 2.23. The number of amides is 1. The number of carbonyl (C=O) groups excluding carboxylic acids is 1. The van der Waals surface area contributed by atoms with Crippen LogP contribution in [-0.2, 0) is 22.7 Å². The predicted molar refractivity (Wildman–Crippen MR) is 93.8 cm³/mol. The lowest BCUT2D eigenvalue weighted by atomic mass is 10.1. The average Bonchev–Trinajstić information content (AvgIpc) is 3.05.